The summed E-state index contributed by atoms with van der Waals surface area (Å²) in [4.78, 5) is 20.8. The second-order valence-corrected chi connectivity index (χ2v) is 5.58. The summed E-state index contributed by atoms with van der Waals surface area (Å²) in [5, 5.41) is 14.7. The Balaban J connectivity index is 1.71. The summed E-state index contributed by atoms with van der Waals surface area (Å²) in [6.45, 7) is 2.08. The van der Waals surface area contributed by atoms with Crippen molar-refractivity contribution in [2.24, 2.45) is 0 Å². The Labute approximate surface area is 151 Å². The van der Waals surface area contributed by atoms with Gasteiger partial charge in [-0.15, -0.1) is 0 Å². The van der Waals surface area contributed by atoms with Gasteiger partial charge in [0.25, 0.3) is 5.91 Å². The second kappa shape index (κ2) is 7.90. The Morgan fingerprint density at radius 1 is 1.04 bits per heavy atom. The third-order valence-corrected chi connectivity index (χ3v) is 3.78. The normalized spacial score (nSPS) is 10.0. The highest BCUT2D eigenvalue weighted by molar-refractivity contribution is 6.03. The van der Waals surface area contributed by atoms with Crippen molar-refractivity contribution in [2.45, 2.75) is 13.3 Å². The predicted molar refractivity (Wildman–Crippen MR) is 100 cm³/mol. The van der Waals surface area contributed by atoms with Crippen LogP contribution in [-0.4, -0.2) is 15.9 Å². The van der Waals surface area contributed by atoms with Crippen molar-refractivity contribution >= 4 is 23.2 Å². The zero-order valence-electron chi connectivity index (χ0n) is 14.2. The lowest BCUT2D eigenvalue weighted by Crippen LogP contribution is -2.14. The molecule has 0 aliphatic carbocycles. The van der Waals surface area contributed by atoms with Crippen molar-refractivity contribution in [3.63, 3.8) is 0 Å². The maximum Gasteiger partial charge on any atom is 0.274 e. The highest BCUT2D eigenvalue weighted by atomic mass is 16.1. The standard InChI is InChI=1S/C20H17N5O/c1-2-14-3-7-16(8-4-14)23-19(26)18-11-12-22-20(25-18)24-17-9-5-15(13-21)6-10-17/h3-12H,2H2,1H3,(H,23,26)(H,22,24,25). The van der Waals surface area contributed by atoms with Gasteiger partial charge in [0, 0.05) is 17.6 Å². The van der Waals surface area contributed by atoms with Crippen molar-refractivity contribution < 1.29 is 4.79 Å². The molecule has 2 aromatic carbocycles. The van der Waals surface area contributed by atoms with Crippen LogP contribution in [0.4, 0.5) is 17.3 Å². The molecule has 0 radical (unpaired) electrons. The van der Waals surface area contributed by atoms with Gasteiger partial charge in [0.1, 0.15) is 5.69 Å². The number of anilines is 3. The van der Waals surface area contributed by atoms with Crippen molar-refractivity contribution in [2.75, 3.05) is 10.6 Å². The maximum atomic E-state index is 12.4. The number of benzene rings is 2. The SMILES string of the molecule is CCc1ccc(NC(=O)c2ccnc(Nc3ccc(C#N)cc3)n2)cc1. The van der Waals surface area contributed by atoms with E-state index in [1.165, 1.54) is 11.8 Å². The first-order chi connectivity index (χ1) is 12.7. The van der Waals surface area contributed by atoms with Gasteiger partial charge in [0.05, 0.1) is 11.6 Å². The van der Waals surface area contributed by atoms with Crippen LogP contribution in [0, 0.1) is 11.3 Å². The molecule has 0 saturated carbocycles. The first kappa shape index (κ1) is 17.1. The molecule has 0 aliphatic rings. The summed E-state index contributed by atoms with van der Waals surface area (Å²) < 4.78 is 0. The number of amides is 1. The predicted octanol–water partition coefficient (Wildman–Crippen LogP) is 3.91. The molecule has 0 saturated heterocycles. The molecule has 1 aromatic heterocycles. The smallest absolute Gasteiger partial charge is 0.274 e. The monoisotopic (exact) mass is 343 g/mol. The summed E-state index contributed by atoms with van der Waals surface area (Å²) >= 11 is 0. The number of aromatic nitrogens is 2. The van der Waals surface area contributed by atoms with E-state index in [2.05, 4.69) is 33.6 Å². The van der Waals surface area contributed by atoms with Crippen LogP contribution in [0.25, 0.3) is 0 Å². The fourth-order valence-corrected chi connectivity index (χ4v) is 2.32. The third-order valence-electron chi connectivity index (χ3n) is 3.78. The lowest BCUT2D eigenvalue weighted by atomic mass is 10.1. The van der Waals surface area contributed by atoms with E-state index in [0.717, 1.165) is 12.1 Å². The summed E-state index contributed by atoms with van der Waals surface area (Å²) in [5.41, 5.74) is 3.48. The van der Waals surface area contributed by atoms with Gasteiger partial charge in [-0.2, -0.15) is 5.26 Å². The largest absolute Gasteiger partial charge is 0.324 e. The molecule has 3 rings (SSSR count). The van der Waals surface area contributed by atoms with E-state index in [0.29, 0.717) is 17.2 Å². The quantitative estimate of drug-likeness (QED) is 0.733. The molecule has 0 fully saturated rings. The van der Waals surface area contributed by atoms with Gasteiger partial charge in [-0.1, -0.05) is 19.1 Å². The second-order valence-electron chi connectivity index (χ2n) is 5.58. The third kappa shape index (κ3) is 4.22. The van der Waals surface area contributed by atoms with Gasteiger partial charge < -0.3 is 10.6 Å². The Morgan fingerprint density at radius 3 is 2.38 bits per heavy atom. The minimum absolute atomic E-state index is 0.260. The molecule has 2 N–H and O–H groups in total. The number of carbonyl (C=O) groups is 1. The first-order valence-corrected chi connectivity index (χ1v) is 8.18. The van der Waals surface area contributed by atoms with Crippen LogP contribution in [0.5, 0.6) is 0 Å². The number of rotatable bonds is 5. The highest BCUT2D eigenvalue weighted by Crippen LogP contribution is 2.15. The molecule has 0 bridgehead atoms. The van der Waals surface area contributed by atoms with Gasteiger partial charge in [-0.05, 0) is 54.4 Å². The van der Waals surface area contributed by atoms with Crippen LogP contribution in [0.2, 0.25) is 0 Å². The summed E-state index contributed by atoms with van der Waals surface area (Å²) in [6.07, 6.45) is 2.47. The van der Waals surface area contributed by atoms with Crippen LogP contribution in [0.15, 0.2) is 60.8 Å². The van der Waals surface area contributed by atoms with Crippen molar-refractivity contribution in [1.29, 1.82) is 5.26 Å². The van der Waals surface area contributed by atoms with Crippen molar-refractivity contribution in [3.05, 3.63) is 77.6 Å². The zero-order valence-corrected chi connectivity index (χ0v) is 14.2. The summed E-state index contributed by atoms with van der Waals surface area (Å²) in [5.74, 6) is 0.00298. The van der Waals surface area contributed by atoms with E-state index in [-0.39, 0.29) is 11.6 Å². The highest BCUT2D eigenvalue weighted by Gasteiger charge is 2.09. The van der Waals surface area contributed by atoms with Crippen molar-refractivity contribution in [1.82, 2.24) is 9.97 Å². The molecule has 128 valence electrons. The Morgan fingerprint density at radius 2 is 1.73 bits per heavy atom. The van der Waals surface area contributed by atoms with Crippen LogP contribution in [-0.2, 0) is 6.42 Å². The summed E-state index contributed by atoms with van der Waals surface area (Å²) in [7, 11) is 0. The number of nitriles is 1. The molecular formula is C20H17N5O. The van der Waals surface area contributed by atoms with E-state index in [1.54, 1.807) is 30.3 Å². The summed E-state index contributed by atoms with van der Waals surface area (Å²) in [6, 6.07) is 18.2. The Bertz CT molecular complexity index is 943. The van der Waals surface area contributed by atoms with E-state index < -0.39 is 0 Å². The van der Waals surface area contributed by atoms with Gasteiger partial charge in [0.2, 0.25) is 5.95 Å². The van der Waals surface area contributed by atoms with Crippen LogP contribution in [0.1, 0.15) is 28.5 Å². The number of nitrogens with one attached hydrogen (secondary N) is 2. The molecule has 0 spiro atoms. The van der Waals surface area contributed by atoms with Crippen LogP contribution in [0.3, 0.4) is 0 Å². The molecule has 1 heterocycles. The lowest BCUT2D eigenvalue weighted by molar-refractivity contribution is 0.102. The van der Waals surface area contributed by atoms with Gasteiger partial charge >= 0.3 is 0 Å². The number of hydrogen-bond acceptors (Lipinski definition) is 5. The van der Waals surface area contributed by atoms with E-state index in [4.69, 9.17) is 5.26 Å². The zero-order chi connectivity index (χ0) is 18.4. The molecular weight excluding hydrogens is 326 g/mol. The molecule has 0 aliphatic heterocycles. The molecule has 3 aromatic rings. The Kier molecular flexibility index (Phi) is 5.20. The van der Waals surface area contributed by atoms with Crippen LogP contribution < -0.4 is 10.6 Å². The van der Waals surface area contributed by atoms with Gasteiger partial charge in [0.15, 0.2) is 0 Å². The number of hydrogen-bond donors (Lipinski definition) is 2. The topological polar surface area (TPSA) is 90.7 Å². The molecule has 1 amide bonds. The average Bonchev–Trinajstić information content (AvgIpc) is 2.69. The van der Waals surface area contributed by atoms with E-state index >= 15 is 0 Å². The fourth-order valence-electron chi connectivity index (χ4n) is 2.32. The number of carbonyl (C=O) groups excluding carboxylic acids is 1. The fraction of sp³-hybridized carbons (Fsp3) is 0.100. The van der Waals surface area contributed by atoms with Crippen molar-refractivity contribution in [3.8, 4) is 6.07 Å². The Hall–Kier alpha value is -3.72. The maximum absolute atomic E-state index is 12.4. The first-order valence-electron chi connectivity index (χ1n) is 8.18. The molecule has 0 atom stereocenters. The van der Waals surface area contributed by atoms with Gasteiger partial charge in [-0.3, -0.25) is 4.79 Å². The van der Waals surface area contributed by atoms with Gasteiger partial charge in [-0.25, -0.2) is 9.97 Å². The van der Waals surface area contributed by atoms with E-state index in [1.807, 2.05) is 24.3 Å². The molecule has 6 heteroatoms. The van der Waals surface area contributed by atoms with E-state index in [9.17, 15) is 4.79 Å². The van der Waals surface area contributed by atoms with Crippen LogP contribution >= 0.6 is 0 Å². The molecule has 0 unspecified atom stereocenters. The average molecular weight is 343 g/mol. The number of nitrogens with zero attached hydrogens (tertiary/aromatic N) is 3. The lowest BCUT2D eigenvalue weighted by Gasteiger charge is -2.08. The molecule has 6 nitrogen and oxygen atoms in total. The minimum Gasteiger partial charge on any atom is -0.324 e. The molecule has 26 heavy (non-hydrogen) atoms. The number of aryl methyl sites for hydroxylation is 1. The minimum atomic E-state index is -0.306.